The van der Waals surface area contributed by atoms with Gasteiger partial charge in [0.1, 0.15) is 17.7 Å². The zero-order valence-corrected chi connectivity index (χ0v) is 24.2. The zero-order valence-electron chi connectivity index (χ0n) is 21.8. The number of alkyl carbamates (subject to hydrolysis) is 1. The van der Waals surface area contributed by atoms with Crippen LogP contribution in [0, 0.1) is 0 Å². The molecule has 0 spiro atoms. The molecule has 2 amide bonds. The lowest BCUT2D eigenvalue weighted by Gasteiger charge is -2.19. The van der Waals surface area contributed by atoms with E-state index in [2.05, 4.69) is 26.6 Å². The number of carbonyl (C=O) groups is 4. The van der Waals surface area contributed by atoms with Crippen molar-refractivity contribution in [2.24, 2.45) is 0 Å². The van der Waals surface area contributed by atoms with Gasteiger partial charge in [0.05, 0.1) is 16.5 Å². The fourth-order valence-corrected chi connectivity index (χ4v) is 4.79. The van der Waals surface area contributed by atoms with Gasteiger partial charge in [-0.15, -0.1) is 11.3 Å². The molecule has 2 aromatic rings. The molecule has 0 aliphatic rings. The highest BCUT2D eigenvalue weighted by Gasteiger charge is 2.26. The summed E-state index contributed by atoms with van der Waals surface area (Å²) in [6.07, 6.45) is -0.688. The van der Waals surface area contributed by atoms with Gasteiger partial charge in [-0.2, -0.15) is 0 Å². The summed E-state index contributed by atoms with van der Waals surface area (Å²) >= 11 is 4.59. The molecule has 12 heteroatoms. The van der Waals surface area contributed by atoms with Crippen LogP contribution in [0.5, 0.6) is 5.75 Å². The van der Waals surface area contributed by atoms with E-state index in [1.807, 2.05) is 0 Å². The Labute approximate surface area is 228 Å². The molecule has 0 aliphatic heterocycles. The van der Waals surface area contributed by atoms with Crippen molar-refractivity contribution in [3.05, 3.63) is 33.6 Å². The average molecular weight is 600 g/mol. The van der Waals surface area contributed by atoms with Crippen molar-refractivity contribution >= 4 is 56.9 Å². The minimum atomic E-state index is -0.688. The molecule has 37 heavy (non-hydrogen) atoms. The van der Waals surface area contributed by atoms with Crippen LogP contribution in [-0.4, -0.2) is 55.4 Å². The van der Waals surface area contributed by atoms with Crippen LogP contribution in [-0.2, 0) is 23.8 Å². The van der Waals surface area contributed by atoms with Crippen molar-refractivity contribution in [2.75, 3.05) is 25.6 Å². The summed E-state index contributed by atoms with van der Waals surface area (Å²) in [6, 6.07) is 6.83. The number of hydrogen-bond donors (Lipinski definition) is 2. The first kappa shape index (κ1) is 30.1. The number of thiophene rings is 1. The molecule has 0 aliphatic carbocycles. The Balaban J connectivity index is 2.13. The molecule has 1 heterocycles. The largest absolute Gasteiger partial charge is 0.479 e. The molecular weight excluding hydrogens is 568 g/mol. The number of ether oxygens (including phenoxy) is 4. The number of amides is 2. The lowest BCUT2D eigenvalue weighted by atomic mass is 10.1. The summed E-state index contributed by atoms with van der Waals surface area (Å²) in [5, 5.41) is 5.07. The van der Waals surface area contributed by atoms with Crippen molar-refractivity contribution in [3.8, 4) is 16.2 Å². The number of methoxy groups -OCH3 is 1. The van der Waals surface area contributed by atoms with Crippen LogP contribution >= 0.6 is 27.3 Å². The van der Waals surface area contributed by atoms with E-state index < -0.39 is 41.7 Å². The van der Waals surface area contributed by atoms with Crippen molar-refractivity contribution in [3.63, 3.8) is 0 Å². The molecule has 0 fully saturated rings. The fourth-order valence-electron chi connectivity index (χ4n) is 2.82. The normalized spacial score (nSPS) is 11.4. The van der Waals surface area contributed by atoms with E-state index in [-0.39, 0.29) is 17.2 Å². The minimum absolute atomic E-state index is 0.170. The van der Waals surface area contributed by atoms with Gasteiger partial charge in [0.15, 0.2) is 17.2 Å². The first-order valence-corrected chi connectivity index (χ1v) is 12.8. The Kier molecular flexibility index (Phi) is 10.1. The maximum Gasteiger partial charge on any atom is 0.408 e. The number of rotatable bonds is 8. The summed E-state index contributed by atoms with van der Waals surface area (Å²) in [5.74, 6) is -1.45. The second kappa shape index (κ2) is 12.4. The van der Waals surface area contributed by atoms with Gasteiger partial charge in [0.2, 0.25) is 5.91 Å². The third kappa shape index (κ3) is 9.69. The van der Waals surface area contributed by atoms with E-state index in [1.54, 1.807) is 65.8 Å². The van der Waals surface area contributed by atoms with Crippen molar-refractivity contribution in [1.82, 2.24) is 5.32 Å². The molecule has 202 valence electrons. The number of halogens is 1. The predicted molar refractivity (Wildman–Crippen MR) is 143 cm³/mol. The van der Waals surface area contributed by atoms with Crippen LogP contribution < -0.4 is 15.4 Å². The van der Waals surface area contributed by atoms with Crippen LogP contribution in [0.4, 0.5) is 10.5 Å². The van der Waals surface area contributed by atoms with E-state index in [1.165, 1.54) is 7.11 Å². The molecule has 1 aromatic heterocycles. The first-order valence-electron chi connectivity index (χ1n) is 11.2. The molecule has 0 radical (unpaired) electrons. The summed E-state index contributed by atoms with van der Waals surface area (Å²) in [5.41, 5.74) is -0.118. The monoisotopic (exact) mass is 598 g/mol. The van der Waals surface area contributed by atoms with Gasteiger partial charge >= 0.3 is 18.0 Å². The van der Waals surface area contributed by atoms with Crippen LogP contribution in [0.3, 0.4) is 0 Å². The number of nitrogens with one attached hydrogen (secondary N) is 2. The highest BCUT2D eigenvalue weighted by Crippen LogP contribution is 2.46. The smallest absolute Gasteiger partial charge is 0.408 e. The average Bonchev–Trinajstić information content (AvgIpc) is 3.10. The van der Waals surface area contributed by atoms with E-state index in [0.717, 1.165) is 16.9 Å². The fraction of sp³-hybridized carbons (Fsp3) is 0.440. The highest BCUT2D eigenvalue weighted by atomic mass is 79.9. The van der Waals surface area contributed by atoms with Gasteiger partial charge in [-0.3, -0.25) is 4.79 Å². The van der Waals surface area contributed by atoms with Gasteiger partial charge < -0.3 is 29.6 Å². The Hall–Kier alpha value is -3.12. The van der Waals surface area contributed by atoms with Crippen molar-refractivity contribution in [2.45, 2.75) is 52.7 Å². The van der Waals surface area contributed by atoms with Gasteiger partial charge in [-0.25, -0.2) is 14.4 Å². The van der Waals surface area contributed by atoms with Crippen molar-refractivity contribution < 1.29 is 38.1 Å². The summed E-state index contributed by atoms with van der Waals surface area (Å²) in [4.78, 5) is 49.2. The number of carbonyl (C=O) groups excluding carboxylic acids is 4. The number of esters is 2. The van der Waals surface area contributed by atoms with E-state index in [4.69, 9.17) is 18.9 Å². The van der Waals surface area contributed by atoms with E-state index in [0.29, 0.717) is 15.0 Å². The topological polar surface area (TPSA) is 129 Å². The summed E-state index contributed by atoms with van der Waals surface area (Å²) in [6.45, 7) is 9.76. The maximum absolute atomic E-state index is 12.4. The van der Waals surface area contributed by atoms with Gasteiger partial charge in [0, 0.05) is 5.69 Å². The Morgan fingerprint density at radius 2 is 1.54 bits per heavy atom. The quantitative estimate of drug-likeness (QED) is 0.315. The Bertz CT molecular complexity index is 1150. The number of anilines is 1. The number of hydrogen-bond acceptors (Lipinski definition) is 9. The molecule has 0 atom stereocenters. The second-order valence-electron chi connectivity index (χ2n) is 9.75. The summed E-state index contributed by atoms with van der Waals surface area (Å²) in [7, 11) is 1.25. The van der Waals surface area contributed by atoms with Gasteiger partial charge in [0.25, 0.3) is 0 Å². The van der Waals surface area contributed by atoms with Crippen LogP contribution in [0.2, 0.25) is 0 Å². The van der Waals surface area contributed by atoms with Crippen LogP contribution in [0.25, 0.3) is 10.4 Å². The van der Waals surface area contributed by atoms with Crippen LogP contribution in [0.15, 0.2) is 28.7 Å². The molecule has 0 saturated carbocycles. The minimum Gasteiger partial charge on any atom is -0.479 e. The predicted octanol–water partition coefficient (Wildman–Crippen LogP) is 5.15. The summed E-state index contributed by atoms with van der Waals surface area (Å²) < 4.78 is 21.3. The Morgan fingerprint density at radius 1 is 0.946 bits per heavy atom. The lowest BCUT2D eigenvalue weighted by molar-refractivity contribution is -0.157. The molecule has 1 aromatic carbocycles. The van der Waals surface area contributed by atoms with Crippen molar-refractivity contribution in [1.29, 1.82) is 0 Å². The SMILES string of the molecule is COC(=O)c1sc(-c2ccc(NC(=O)CNC(=O)OC(C)(C)C)cc2)c(Br)c1OCC(=O)OC(C)(C)C. The van der Waals surface area contributed by atoms with E-state index >= 15 is 0 Å². The lowest BCUT2D eigenvalue weighted by Crippen LogP contribution is -2.37. The molecule has 2 rings (SSSR count). The third-order valence-electron chi connectivity index (χ3n) is 4.16. The molecule has 0 saturated heterocycles. The molecule has 0 unspecified atom stereocenters. The number of benzene rings is 1. The van der Waals surface area contributed by atoms with Gasteiger partial charge in [-0.1, -0.05) is 12.1 Å². The second-order valence-corrected chi connectivity index (χ2v) is 11.6. The molecule has 0 bridgehead atoms. The molecule has 10 nitrogen and oxygen atoms in total. The highest BCUT2D eigenvalue weighted by molar-refractivity contribution is 9.10. The third-order valence-corrected chi connectivity index (χ3v) is 6.38. The molecule has 2 N–H and O–H groups in total. The maximum atomic E-state index is 12.4. The standard InChI is InChI=1S/C25H31BrN2O8S/c1-24(2,3)35-17(30)13-34-19-18(26)20(37-21(19)22(31)33-7)14-8-10-15(11-9-14)28-16(29)12-27-23(32)36-25(4,5)6/h8-11H,12-13H2,1-7H3,(H,27,32)(H,28,29). The van der Waals surface area contributed by atoms with Crippen LogP contribution in [0.1, 0.15) is 51.2 Å². The Morgan fingerprint density at radius 3 is 2.08 bits per heavy atom. The zero-order chi connectivity index (χ0) is 28.0. The molecular formula is C25H31BrN2O8S. The van der Waals surface area contributed by atoms with Gasteiger partial charge in [-0.05, 0) is 75.2 Å². The first-order chi connectivity index (χ1) is 17.1. The van der Waals surface area contributed by atoms with E-state index in [9.17, 15) is 19.2 Å².